The summed E-state index contributed by atoms with van der Waals surface area (Å²) in [5, 5.41) is 8.13. The highest BCUT2D eigenvalue weighted by Gasteiger charge is 2.01. The molecule has 0 radical (unpaired) electrons. The quantitative estimate of drug-likeness (QED) is 0.838. The first kappa shape index (κ1) is 12.6. The van der Waals surface area contributed by atoms with Crippen molar-refractivity contribution >= 4 is 22.9 Å². The molecule has 0 aliphatic heterocycles. The first-order chi connectivity index (χ1) is 8.84. The highest BCUT2D eigenvalue weighted by Crippen LogP contribution is 2.07. The molecule has 0 fully saturated rings. The van der Waals surface area contributed by atoms with Crippen LogP contribution in [-0.2, 0) is 11.3 Å². The molecule has 1 amide bonds. The summed E-state index contributed by atoms with van der Waals surface area (Å²) in [6.07, 6.45) is 0.486. The maximum Gasteiger partial charge on any atom is 0.222 e. The van der Waals surface area contributed by atoms with E-state index >= 15 is 0 Å². The molecule has 0 bridgehead atoms. The average Bonchev–Trinajstić information content (AvgIpc) is 2.91. The summed E-state index contributed by atoms with van der Waals surface area (Å²) in [6.45, 7) is 1.28. The summed E-state index contributed by atoms with van der Waals surface area (Å²) in [4.78, 5) is 12.8. The molecular weight excluding hydrogens is 244 g/mol. The highest BCUT2D eigenvalue weighted by molar-refractivity contribution is 7.09. The molecule has 94 valence electrons. The lowest BCUT2D eigenvalue weighted by molar-refractivity contribution is -0.120. The predicted octanol–water partition coefficient (Wildman–Crippen LogP) is 2.87. The van der Waals surface area contributed by atoms with Crippen LogP contribution in [0.4, 0.5) is 5.69 Å². The number of carbonyl (C=O) groups is 1. The summed E-state index contributed by atoms with van der Waals surface area (Å²) < 4.78 is 0. The van der Waals surface area contributed by atoms with E-state index in [9.17, 15) is 4.79 Å². The van der Waals surface area contributed by atoms with E-state index in [0.29, 0.717) is 19.5 Å². The van der Waals surface area contributed by atoms with E-state index in [1.807, 2.05) is 47.8 Å². The lowest BCUT2D eigenvalue weighted by Crippen LogP contribution is -2.24. The zero-order valence-electron chi connectivity index (χ0n) is 10.1. The van der Waals surface area contributed by atoms with Crippen LogP contribution in [0.2, 0.25) is 0 Å². The number of anilines is 1. The van der Waals surface area contributed by atoms with Gasteiger partial charge in [-0.05, 0) is 23.6 Å². The van der Waals surface area contributed by atoms with Crippen molar-refractivity contribution in [3.8, 4) is 0 Å². The normalized spacial score (nSPS) is 10.0. The zero-order chi connectivity index (χ0) is 12.6. The second-order valence-electron chi connectivity index (χ2n) is 3.90. The van der Waals surface area contributed by atoms with Crippen LogP contribution in [0.5, 0.6) is 0 Å². The van der Waals surface area contributed by atoms with Gasteiger partial charge >= 0.3 is 0 Å². The Morgan fingerprint density at radius 3 is 2.67 bits per heavy atom. The number of rotatable bonds is 6. The molecule has 3 nitrogen and oxygen atoms in total. The van der Waals surface area contributed by atoms with Gasteiger partial charge in [0.25, 0.3) is 0 Å². The third-order valence-corrected chi connectivity index (χ3v) is 3.37. The molecule has 0 saturated heterocycles. The number of hydrogen-bond acceptors (Lipinski definition) is 3. The van der Waals surface area contributed by atoms with Crippen molar-refractivity contribution in [2.24, 2.45) is 0 Å². The number of para-hydroxylation sites is 1. The van der Waals surface area contributed by atoms with E-state index in [4.69, 9.17) is 0 Å². The molecule has 18 heavy (non-hydrogen) atoms. The molecule has 0 spiro atoms. The minimum atomic E-state index is 0.0758. The number of thiophene rings is 1. The van der Waals surface area contributed by atoms with Crippen molar-refractivity contribution in [1.82, 2.24) is 5.32 Å². The van der Waals surface area contributed by atoms with Gasteiger partial charge in [0.2, 0.25) is 5.91 Å². The summed E-state index contributed by atoms with van der Waals surface area (Å²) in [5.41, 5.74) is 1.04. The Morgan fingerprint density at radius 2 is 1.94 bits per heavy atom. The van der Waals surface area contributed by atoms with Gasteiger partial charge in [-0.2, -0.15) is 0 Å². The van der Waals surface area contributed by atoms with E-state index in [2.05, 4.69) is 10.6 Å². The van der Waals surface area contributed by atoms with Crippen LogP contribution in [0.3, 0.4) is 0 Å². The lowest BCUT2D eigenvalue weighted by Gasteiger charge is -2.06. The Bertz CT molecular complexity index is 468. The van der Waals surface area contributed by atoms with Crippen molar-refractivity contribution in [3.05, 3.63) is 52.7 Å². The molecule has 2 rings (SSSR count). The van der Waals surface area contributed by atoms with Crippen molar-refractivity contribution in [2.75, 3.05) is 11.9 Å². The number of benzene rings is 1. The van der Waals surface area contributed by atoms with E-state index in [-0.39, 0.29) is 5.91 Å². The fraction of sp³-hybridized carbons (Fsp3) is 0.214. The maximum absolute atomic E-state index is 11.6. The van der Waals surface area contributed by atoms with Crippen LogP contribution in [0, 0.1) is 0 Å². The van der Waals surface area contributed by atoms with E-state index in [1.54, 1.807) is 11.3 Å². The Hall–Kier alpha value is -1.81. The molecule has 2 N–H and O–H groups in total. The molecule has 0 saturated carbocycles. The summed E-state index contributed by atoms with van der Waals surface area (Å²) in [7, 11) is 0. The van der Waals surface area contributed by atoms with E-state index in [0.717, 1.165) is 5.69 Å². The molecule has 0 aliphatic carbocycles. The van der Waals surface area contributed by atoms with Crippen molar-refractivity contribution < 1.29 is 4.79 Å². The first-order valence-electron chi connectivity index (χ1n) is 5.92. The van der Waals surface area contributed by atoms with Crippen molar-refractivity contribution in [2.45, 2.75) is 13.0 Å². The summed E-state index contributed by atoms with van der Waals surface area (Å²) in [6, 6.07) is 13.9. The van der Waals surface area contributed by atoms with Gasteiger partial charge in [-0.15, -0.1) is 11.3 Å². The second kappa shape index (κ2) is 6.81. The molecule has 2 aromatic rings. The van der Waals surface area contributed by atoms with Crippen LogP contribution in [0.15, 0.2) is 47.8 Å². The van der Waals surface area contributed by atoms with Crippen molar-refractivity contribution in [3.63, 3.8) is 0 Å². The van der Waals surface area contributed by atoms with Gasteiger partial charge in [0.1, 0.15) is 0 Å². The lowest BCUT2D eigenvalue weighted by atomic mass is 10.3. The standard InChI is InChI=1S/C14H16N2OS/c17-14(16-11-13-7-4-10-18-13)8-9-15-12-5-2-1-3-6-12/h1-7,10,15H,8-9,11H2,(H,16,17). The molecule has 1 heterocycles. The van der Waals surface area contributed by atoms with Gasteiger partial charge in [0.15, 0.2) is 0 Å². The monoisotopic (exact) mass is 260 g/mol. The Kier molecular flexibility index (Phi) is 4.78. The smallest absolute Gasteiger partial charge is 0.222 e. The Morgan fingerprint density at radius 1 is 1.11 bits per heavy atom. The SMILES string of the molecule is O=C(CCNc1ccccc1)NCc1cccs1. The minimum absolute atomic E-state index is 0.0758. The molecule has 1 aromatic carbocycles. The van der Waals surface area contributed by atoms with Gasteiger partial charge in [0, 0.05) is 23.5 Å². The third-order valence-electron chi connectivity index (χ3n) is 2.49. The summed E-state index contributed by atoms with van der Waals surface area (Å²) in [5.74, 6) is 0.0758. The molecule has 0 atom stereocenters. The molecule has 1 aromatic heterocycles. The topological polar surface area (TPSA) is 41.1 Å². The maximum atomic E-state index is 11.6. The third kappa shape index (κ3) is 4.22. The summed E-state index contributed by atoms with van der Waals surface area (Å²) >= 11 is 1.66. The number of nitrogens with one attached hydrogen (secondary N) is 2. The molecular formula is C14H16N2OS. The number of amides is 1. The van der Waals surface area contributed by atoms with Crippen LogP contribution in [0.25, 0.3) is 0 Å². The fourth-order valence-electron chi connectivity index (χ4n) is 1.56. The van der Waals surface area contributed by atoms with E-state index < -0.39 is 0 Å². The highest BCUT2D eigenvalue weighted by atomic mass is 32.1. The number of carbonyl (C=O) groups excluding carboxylic acids is 1. The van der Waals surface area contributed by atoms with Gasteiger partial charge in [-0.25, -0.2) is 0 Å². The average molecular weight is 260 g/mol. The van der Waals surface area contributed by atoms with Gasteiger partial charge in [0.05, 0.1) is 6.54 Å². The van der Waals surface area contributed by atoms with Crippen LogP contribution < -0.4 is 10.6 Å². The fourth-order valence-corrected chi connectivity index (χ4v) is 2.21. The van der Waals surface area contributed by atoms with Crippen LogP contribution >= 0.6 is 11.3 Å². The first-order valence-corrected chi connectivity index (χ1v) is 6.80. The van der Waals surface area contributed by atoms with Gasteiger partial charge in [-0.3, -0.25) is 4.79 Å². The molecule has 4 heteroatoms. The van der Waals surface area contributed by atoms with E-state index in [1.165, 1.54) is 4.88 Å². The Labute approximate surface area is 111 Å². The minimum Gasteiger partial charge on any atom is -0.385 e. The number of hydrogen-bond donors (Lipinski definition) is 2. The van der Waals surface area contributed by atoms with Crippen LogP contribution in [0.1, 0.15) is 11.3 Å². The Balaban J connectivity index is 1.63. The second-order valence-corrected chi connectivity index (χ2v) is 4.93. The van der Waals surface area contributed by atoms with Crippen LogP contribution in [-0.4, -0.2) is 12.5 Å². The largest absolute Gasteiger partial charge is 0.385 e. The molecule has 0 aliphatic rings. The van der Waals surface area contributed by atoms with Crippen molar-refractivity contribution in [1.29, 1.82) is 0 Å². The predicted molar refractivity (Wildman–Crippen MR) is 75.7 cm³/mol. The van der Waals surface area contributed by atoms with Gasteiger partial charge < -0.3 is 10.6 Å². The zero-order valence-corrected chi connectivity index (χ0v) is 10.9. The van der Waals surface area contributed by atoms with Gasteiger partial charge in [-0.1, -0.05) is 24.3 Å². The molecule has 0 unspecified atom stereocenters.